The normalized spacial score (nSPS) is 12.2. The Morgan fingerprint density at radius 3 is 2.71 bits per heavy atom. The van der Waals surface area contributed by atoms with Crippen LogP contribution >= 0.6 is 0 Å². The number of rotatable bonds is 16. The van der Waals surface area contributed by atoms with Crippen molar-refractivity contribution < 1.29 is 23.8 Å². The van der Waals surface area contributed by atoms with Crippen LogP contribution in [0.15, 0.2) is 36.4 Å². The van der Waals surface area contributed by atoms with Gasteiger partial charge in [0.2, 0.25) is 5.91 Å². The molecule has 0 spiro atoms. The minimum atomic E-state index is -0.660. The van der Waals surface area contributed by atoms with Crippen molar-refractivity contribution in [1.82, 2.24) is 16.0 Å². The predicted molar refractivity (Wildman–Crippen MR) is 120 cm³/mol. The molecule has 0 aliphatic heterocycles. The third-order valence-electron chi connectivity index (χ3n) is 3.90. The highest BCUT2D eigenvalue weighted by Crippen LogP contribution is 2.13. The lowest BCUT2D eigenvalue weighted by atomic mass is 10.2. The van der Waals surface area contributed by atoms with Gasteiger partial charge in [-0.2, -0.15) is 0 Å². The summed E-state index contributed by atoms with van der Waals surface area (Å²) in [5.41, 5.74) is 6.38. The minimum absolute atomic E-state index is 0.0339. The van der Waals surface area contributed by atoms with Gasteiger partial charge in [-0.1, -0.05) is 32.1 Å². The topological polar surface area (TPSA) is 124 Å². The van der Waals surface area contributed by atoms with Gasteiger partial charge in [-0.15, -0.1) is 0 Å². The zero-order valence-electron chi connectivity index (χ0n) is 18.7. The van der Waals surface area contributed by atoms with E-state index in [1.165, 1.54) is 0 Å². The number of amides is 2. The van der Waals surface area contributed by atoms with Gasteiger partial charge in [0, 0.05) is 25.2 Å². The molecule has 174 valence electrons. The molecule has 0 radical (unpaired) electrons. The largest absolute Gasteiger partial charge is 0.489 e. The van der Waals surface area contributed by atoms with Crippen molar-refractivity contribution in [2.45, 2.75) is 20.1 Å². The van der Waals surface area contributed by atoms with Crippen LogP contribution in [0.4, 0.5) is 0 Å². The second kappa shape index (κ2) is 16.3. The number of ether oxygens (including phenoxy) is 3. The maximum atomic E-state index is 12.1. The van der Waals surface area contributed by atoms with E-state index in [2.05, 4.69) is 29.8 Å². The van der Waals surface area contributed by atoms with E-state index >= 15 is 0 Å². The Morgan fingerprint density at radius 1 is 1.16 bits per heavy atom. The molecule has 31 heavy (non-hydrogen) atoms. The quantitative estimate of drug-likeness (QED) is 0.170. The van der Waals surface area contributed by atoms with Gasteiger partial charge in [0.1, 0.15) is 25.2 Å². The van der Waals surface area contributed by atoms with Gasteiger partial charge in [0.15, 0.2) is 0 Å². The van der Waals surface area contributed by atoms with Gasteiger partial charge in [-0.3, -0.25) is 9.59 Å². The fourth-order valence-corrected chi connectivity index (χ4v) is 2.34. The molecule has 9 heteroatoms. The molecule has 2 amide bonds. The predicted octanol–water partition coefficient (Wildman–Crippen LogP) is 0.661. The number of hydrogen-bond acceptors (Lipinski definition) is 7. The highest BCUT2D eigenvalue weighted by Gasteiger charge is 2.08. The fourth-order valence-electron chi connectivity index (χ4n) is 2.34. The van der Waals surface area contributed by atoms with Crippen molar-refractivity contribution in [2.24, 2.45) is 11.7 Å². The number of hydrogen-bond donors (Lipinski definition) is 4. The first-order valence-electron chi connectivity index (χ1n) is 10.5. The monoisotopic (exact) mass is 436 g/mol. The SMILES string of the molecule is CNCCNC(=O)c1cccc(OCC(N)OCCOCC(=O)NC/C=C/C(C)C)c1. The number of carbonyl (C=O) groups is 2. The van der Waals surface area contributed by atoms with E-state index in [-0.39, 0.29) is 38.2 Å². The van der Waals surface area contributed by atoms with Crippen LogP contribution in [-0.2, 0) is 14.3 Å². The first-order valence-corrected chi connectivity index (χ1v) is 10.5. The number of allylic oxidation sites excluding steroid dienone is 1. The summed E-state index contributed by atoms with van der Waals surface area (Å²) < 4.78 is 16.3. The molecule has 0 saturated heterocycles. The Morgan fingerprint density at radius 2 is 1.97 bits per heavy atom. The summed E-state index contributed by atoms with van der Waals surface area (Å²) in [6, 6.07) is 6.85. The van der Waals surface area contributed by atoms with E-state index in [4.69, 9.17) is 19.9 Å². The second-order valence-corrected chi connectivity index (χ2v) is 7.14. The number of carbonyl (C=O) groups excluding carboxylic acids is 2. The van der Waals surface area contributed by atoms with E-state index in [1.807, 2.05) is 19.2 Å². The van der Waals surface area contributed by atoms with Gasteiger partial charge in [0.25, 0.3) is 5.91 Å². The van der Waals surface area contributed by atoms with Crippen molar-refractivity contribution in [2.75, 3.05) is 53.1 Å². The van der Waals surface area contributed by atoms with Crippen molar-refractivity contribution in [3.8, 4) is 5.75 Å². The highest BCUT2D eigenvalue weighted by molar-refractivity contribution is 5.94. The van der Waals surface area contributed by atoms with Gasteiger partial charge < -0.3 is 35.9 Å². The molecule has 0 saturated carbocycles. The minimum Gasteiger partial charge on any atom is -0.489 e. The number of benzene rings is 1. The average Bonchev–Trinajstić information content (AvgIpc) is 2.75. The molecule has 0 fully saturated rings. The van der Waals surface area contributed by atoms with E-state index < -0.39 is 6.23 Å². The molecular formula is C22H36N4O5. The Bertz CT molecular complexity index is 682. The summed E-state index contributed by atoms with van der Waals surface area (Å²) in [7, 11) is 1.82. The van der Waals surface area contributed by atoms with Crippen molar-refractivity contribution >= 4 is 11.8 Å². The average molecular weight is 437 g/mol. The zero-order chi connectivity index (χ0) is 22.9. The fraction of sp³-hybridized carbons (Fsp3) is 0.545. The summed E-state index contributed by atoms with van der Waals surface area (Å²) in [6.07, 6.45) is 3.28. The van der Waals surface area contributed by atoms with Crippen LogP contribution in [-0.4, -0.2) is 71.2 Å². The summed E-state index contributed by atoms with van der Waals surface area (Å²) in [4.78, 5) is 23.7. The van der Waals surface area contributed by atoms with Crippen LogP contribution in [0.3, 0.4) is 0 Å². The number of nitrogens with two attached hydrogens (primary N) is 1. The molecule has 1 rings (SSSR count). The summed E-state index contributed by atoms with van der Waals surface area (Å²) in [6.45, 7) is 6.42. The Kier molecular flexibility index (Phi) is 13.9. The number of nitrogens with one attached hydrogen (secondary N) is 3. The molecule has 1 aromatic carbocycles. The lowest BCUT2D eigenvalue weighted by Crippen LogP contribution is -2.33. The first kappa shape index (κ1) is 26.6. The third-order valence-corrected chi connectivity index (χ3v) is 3.90. The van der Waals surface area contributed by atoms with Crippen molar-refractivity contribution in [3.63, 3.8) is 0 Å². The smallest absolute Gasteiger partial charge is 0.251 e. The molecule has 1 atom stereocenters. The molecule has 0 aliphatic carbocycles. The highest BCUT2D eigenvalue weighted by atomic mass is 16.6. The maximum absolute atomic E-state index is 12.1. The Balaban J connectivity index is 2.18. The Hall–Kier alpha value is -2.46. The van der Waals surface area contributed by atoms with Gasteiger partial charge in [0.05, 0.1) is 13.2 Å². The summed E-state index contributed by atoms with van der Waals surface area (Å²) in [5.74, 6) is 0.629. The zero-order valence-corrected chi connectivity index (χ0v) is 18.7. The number of likely N-dealkylation sites (N-methyl/N-ethyl adjacent to an activating group) is 1. The lowest BCUT2D eigenvalue weighted by molar-refractivity contribution is -0.126. The van der Waals surface area contributed by atoms with E-state index in [0.29, 0.717) is 36.9 Å². The Labute approximate surface area is 184 Å². The van der Waals surface area contributed by atoms with Gasteiger partial charge >= 0.3 is 0 Å². The third kappa shape index (κ3) is 13.5. The molecular weight excluding hydrogens is 400 g/mol. The molecule has 0 bridgehead atoms. The molecule has 0 aliphatic rings. The van der Waals surface area contributed by atoms with Crippen molar-refractivity contribution in [3.05, 3.63) is 42.0 Å². The standard InChI is InChI=1S/C22H36N4O5/c1-17(2)6-5-9-25-21(27)16-29-12-13-30-20(23)15-31-19-8-4-7-18(14-19)22(28)26-11-10-24-3/h4-8,14,17,20,24H,9-13,15-16,23H2,1-3H3,(H,25,27)(H,26,28)/b6-5+. The lowest BCUT2D eigenvalue weighted by Gasteiger charge is -2.15. The van der Waals surface area contributed by atoms with E-state index in [0.717, 1.165) is 0 Å². The van der Waals surface area contributed by atoms with Crippen molar-refractivity contribution in [1.29, 1.82) is 0 Å². The molecule has 1 unspecified atom stereocenters. The first-order chi connectivity index (χ1) is 14.9. The van der Waals surface area contributed by atoms with E-state index in [9.17, 15) is 9.59 Å². The van der Waals surface area contributed by atoms with E-state index in [1.54, 1.807) is 24.3 Å². The summed E-state index contributed by atoms with van der Waals surface area (Å²) >= 11 is 0. The maximum Gasteiger partial charge on any atom is 0.251 e. The van der Waals surface area contributed by atoms with Crippen LogP contribution in [0.2, 0.25) is 0 Å². The van der Waals surface area contributed by atoms with Crippen LogP contribution in [0.5, 0.6) is 5.75 Å². The van der Waals surface area contributed by atoms with Crippen LogP contribution in [0, 0.1) is 5.92 Å². The molecule has 0 aromatic heterocycles. The molecule has 9 nitrogen and oxygen atoms in total. The molecule has 1 aromatic rings. The van der Waals surface area contributed by atoms with Gasteiger partial charge in [-0.25, -0.2) is 0 Å². The summed E-state index contributed by atoms with van der Waals surface area (Å²) in [5, 5.41) is 8.50. The van der Waals surface area contributed by atoms with Crippen LogP contribution in [0.1, 0.15) is 24.2 Å². The molecule has 5 N–H and O–H groups in total. The molecule has 0 heterocycles. The van der Waals surface area contributed by atoms with Crippen LogP contribution < -0.4 is 26.4 Å². The second-order valence-electron chi connectivity index (χ2n) is 7.14. The van der Waals surface area contributed by atoms with Gasteiger partial charge in [-0.05, 0) is 31.2 Å². The van der Waals surface area contributed by atoms with Crippen LogP contribution in [0.25, 0.3) is 0 Å².